The Morgan fingerprint density at radius 3 is 2.67 bits per heavy atom. The smallest absolute Gasteiger partial charge is 0.142 e. The highest BCUT2D eigenvalue weighted by atomic mass is 35.5. The van der Waals surface area contributed by atoms with Gasteiger partial charge in [0.15, 0.2) is 0 Å². The van der Waals surface area contributed by atoms with Crippen LogP contribution < -0.4 is 5.48 Å². The van der Waals surface area contributed by atoms with Gasteiger partial charge in [-0.15, -0.1) is 0 Å². The number of benzene rings is 1. The Morgan fingerprint density at radius 1 is 1.53 bits per heavy atom. The first-order valence-corrected chi connectivity index (χ1v) is 4.92. The van der Waals surface area contributed by atoms with Crippen molar-refractivity contribution in [2.75, 3.05) is 0 Å². The molecule has 0 spiro atoms. The van der Waals surface area contributed by atoms with E-state index in [0.717, 1.165) is 12.8 Å². The number of hydrogen-bond donors (Lipinski definition) is 3. The summed E-state index contributed by atoms with van der Waals surface area (Å²) in [5, 5.41) is 16.3. The van der Waals surface area contributed by atoms with E-state index in [4.69, 9.17) is 22.2 Å². The molecule has 3 nitrogen and oxygen atoms in total. The second kappa shape index (κ2) is 3.47. The molecule has 1 aliphatic carbocycles. The van der Waals surface area contributed by atoms with Crippen LogP contribution in [0.25, 0.3) is 0 Å². The Kier molecular flexibility index (Phi) is 2.40. The van der Waals surface area contributed by atoms with Crippen molar-refractivity contribution >= 4 is 17.4 Å². The minimum atomic E-state index is -0.541. The summed E-state index contributed by atoms with van der Waals surface area (Å²) in [5.74, 6) is -0.490. The third-order valence-electron chi connectivity index (χ3n) is 2.81. The molecule has 80 valence electrons. The fourth-order valence-corrected chi connectivity index (χ4v) is 1.83. The van der Waals surface area contributed by atoms with Crippen molar-refractivity contribution < 1.29 is 9.60 Å². The molecule has 0 bridgehead atoms. The molecule has 1 aromatic rings. The first kappa shape index (κ1) is 10.4. The summed E-state index contributed by atoms with van der Waals surface area (Å²) in [6, 6.07) is 4.47. The Labute approximate surface area is 91.3 Å². The lowest BCUT2D eigenvalue weighted by Crippen LogP contribution is -2.31. The molecule has 0 aliphatic heterocycles. The van der Waals surface area contributed by atoms with Crippen molar-refractivity contribution in [2.24, 2.45) is 0 Å². The maximum atomic E-state index is 13.2. The molecule has 0 atom stereocenters. The number of hydroxylamine groups is 1. The van der Waals surface area contributed by atoms with Gasteiger partial charge in [0.1, 0.15) is 11.7 Å². The lowest BCUT2D eigenvalue weighted by Gasteiger charge is -2.15. The second-order valence-corrected chi connectivity index (χ2v) is 4.10. The van der Waals surface area contributed by atoms with Crippen LogP contribution in [0.2, 0.25) is 5.02 Å². The maximum Gasteiger partial charge on any atom is 0.142 e. The summed E-state index contributed by atoms with van der Waals surface area (Å²) in [6.07, 6.45) is 1.47. The summed E-state index contributed by atoms with van der Waals surface area (Å²) < 4.78 is 13.2. The van der Waals surface area contributed by atoms with Crippen LogP contribution in [0.3, 0.4) is 0 Å². The first-order valence-electron chi connectivity index (χ1n) is 4.55. The molecule has 15 heavy (non-hydrogen) atoms. The highest BCUT2D eigenvalue weighted by Gasteiger charge is 2.48. The number of amidine groups is 1. The van der Waals surface area contributed by atoms with Crippen LogP contribution in [-0.4, -0.2) is 11.0 Å². The van der Waals surface area contributed by atoms with Gasteiger partial charge in [-0.25, -0.2) is 4.39 Å². The predicted octanol–water partition coefficient (Wildman–Crippen LogP) is 2.47. The van der Waals surface area contributed by atoms with Crippen molar-refractivity contribution in [3.8, 4) is 0 Å². The molecule has 0 aromatic heterocycles. The normalized spacial score (nSPS) is 17.3. The van der Waals surface area contributed by atoms with Crippen molar-refractivity contribution in [1.29, 1.82) is 5.41 Å². The maximum absolute atomic E-state index is 13.2. The monoisotopic (exact) mass is 228 g/mol. The molecule has 1 aromatic carbocycles. The van der Waals surface area contributed by atoms with Gasteiger partial charge in [-0.05, 0) is 30.5 Å². The van der Waals surface area contributed by atoms with Crippen LogP contribution in [0, 0.1) is 11.2 Å². The zero-order valence-corrected chi connectivity index (χ0v) is 8.61. The molecule has 0 unspecified atom stereocenters. The third-order valence-corrected chi connectivity index (χ3v) is 3.12. The minimum absolute atomic E-state index is 0.00391. The summed E-state index contributed by atoms with van der Waals surface area (Å²) in [7, 11) is 0. The molecule has 3 N–H and O–H groups in total. The molecule has 5 heteroatoms. The highest BCUT2D eigenvalue weighted by molar-refractivity contribution is 6.30. The number of rotatable bonds is 2. The summed E-state index contributed by atoms with van der Waals surface area (Å²) >= 11 is 5.57. The van der Waals surface area contributed by atoms with E-state index in [2.05, 4.69) is 0 Å². The molecule has 0 heterocycles. The Bertz CT molecular complexity index is 418. The van der Waals surface area contributed by atoms with E-state index >= 15 is 0 Å². The van der Waals surface area contributed by atoms with Gasteiger partial charge < -0.3 is 0 Å². The molecular weight excluding hydrogens is 219 g/mol. The Morgan fingerprint density at radius 2 is 2.20 bits per heavy atom. The van der Waals surface area contributed by atoms with Gasteiger partial charge in [-0.2, -0.15) is 0 Å². The van der Waals surface area contributed by atoms with E-state index in [0.29, 0.717) is 5.56 Å². The van der Waals surface area contributed by atoms with Gasteiger partial charge in [-0.3, -0.25) is 16.1 Å². The summed E-state index contributed by atoms with van der Waals surface area (Å²) in [5.41, 5.74) is 1.96. The molecule has 1 aliphatic rings. The van der Waals surface area contributed by atoms with Gasteiger partial charge in [0.2, 0.25) is 0 Å². The van der Waals surface area contributed by atoms with Crippen LogP contribution >= 0.6 is 11.6 Å². The van der Waals surface area contributed by atoms with E-state index in [1.165, 1.54) is 12.1 Å². The van der Waals surface area contributed by atoms with Crippen molar-refractivity contribution in [3.63, 3.8) is 0 Å². The zero-order chi connectivity index (χ0) is 11.1. The van der Waals surface area contributed by atoms with Crippen molar-refractivity contribution in [1.82, 2.24) is 5.48 Å². The zero-order valence-electron chi connectivity index (χ0n) is 7.85. The highest BCUT2D eigenvalue weighted by Crippen LogP contribution is 2.48. The van der Waals surface area contributed by atoms with Gasteiger partial charge in [-0.1, -0.05) is 17.7 Å². The minimum Gasteiger partial charge on any atom is -0.290 e. The van der Waals surface area contributed by atoms with Crippen LogP contribution in [0.5, 0.6) is 0 Å². The largest absolute Gasteiger partial charge is 0.290 e. The summed E-state index contributed by atoms with van der Waals surface area (Å²) in [6.45, 7) is 0. The lowest BCUT2D eigenvalue weighted by molar-refractivity contribution is 0.228. The number of nitrogens with one attached hydrogen (secondary N) is 2. The number of halogens is 2. The van der Waals surface area contributed by atoms with Crippen molar-refractivity contribution in [3.05, 3.63) is 34.6 Å². The molecular formula is C10H10ClFN2O. The van der Waals surface area contributed by atoms with Crippen LogP contribution in [-0.2, 0) is 5.41 Å². The Balaban J connectivity index is 2.38. The first-order chi connectivity index (χ1) is 7.10. The average molecular weight is 229 g/mol. The van der Waals surface area contributed by atoms with Gasteiger partial charge in [0, 0.05) is 0 Å². The topological polar surface area (TPSA) is 56.1 Å². The van der Waals surface area contributed by atoms with Gasteiger partial charge in [0.05, 0.1) is 10.4 Å². The fourth-order valence-electron chi connectivity index (χ4n) is 1.71. The van der Waals surface area contributed by atoms with Crippen LogP contribution in [0.15, 0.2) is 18.2 Å². The molecule has 0 saturated heterocycles. The molecule has 2 rings (SSSR count). The van der Waals surface area contributed by atoms with Crippen molar-refractivity contribution in [2.45, 2.75) is 18.3 Å². The molecule has 1 fully saturated rings. The molecule has 0 radical (unpaired) electrons. The lowest BCUT2D eigenvalue weighted by atomic mass is 9.95. The van der Waals surface area contributed by atoms with E-state index < -0.39 is 11.2 Å². The van der Waals surface area contributed by atoms with Crippen LogP contribution in [0.4, 0.5) is 4.39 Å². The van der Waals surface area contributed by atoms with Crippen LogP contribution in [0.1, 0.15) is 18.4 Å². The molecule has 0 amide bonds. The molecule has 1 saturated carbocycles. The van der Waals surface area contributed by atoms with E-state index in [9.17, 15) is 4.39 Å². The third kappa shape index (κ3) is 1.60. The van der Waals surface area contributed by atoms with Gasteiger partial charge in [0.25, 0.3) is 0 Å². The average Bonchev–Trinajstić information content (AvgIpc) is 3.02. The number of hydrogen-bond acceptors (Lipinski definition) is 2. The van der Waals surface area contributed by atoms with Gasteiger partial charge >= 0.3 is 0 Å². The second-order valence-electron chi connectivity index (χ2n) is 3.70. The Hall–Kier alpha value is -1.13. The van der Waals surface area contributed by atoms with E-state index in [-0.39, 0.29) is 10.9 Å². The summed E-state index contributed by atoms with van der Waals surface area (Å²) in [4.78, 5) is 0. The standard InChI is InChI=1S/C10H10ClFN2O/c11-7-2-1-6(5-8(7)12)10(3-4-10)9(13)14-15/h1-2,5,15H,3-4H2,(H2,13,14). The predicted molar refractivity (Wildman–Crippen MR) is 55.0 cm³/mol. The quantitative estimate of drug-likeness (QED) is 0.414. The van der Waals surface area contributed by atoms with E-state index in [1.807, 2.05) is 5.48 Å². The SMILES string of the molecule is N=C(NO)C1(c2ccc(Cl)c(F)c2)CC1. The van der Waals surface area contributed by atoms with E-state index in [1.54, 1.807) is 6.07 Å². The fraction of sp³-hybridized carbons (Fsp3) is 0.300.